The quantitative estimate of drug-likeness (QED) is 0.435. The Bertz CT molecular complexity index is 809. The highest BCUT2D eigenvalue weighted by atomic mass is 32.2. The molecule has 5 nitrogen and oxygen atoms in total. The summed E-state index contributed by atoms with van der Waals surface area (Å²) >= 11 is 4.96. The van der Waals surface area contributed by atoms with Gasteiger partial charge in [-0.05, 0) is 42.1 Å². The summed E-state index contributed by atoms with van der Waals surface area (Å²) in [5.74, 6) is 1.57. The molecule has 3 rings (SSSR count). The number of thioether (sulfide) groups is 1. The number of hydrogen-bond donors (Lipinski definition) is 1. The topological polar surface area (TPSA) is 70.8 Å². The molecule has 0 aliphatic carbocycles. The van der Waals surface area contributed by atoms with Gasteiger partial charge in [0.1, 0.15) is 5.75 Å². The van der Waals surface area contributed by atoms with Crippen LogP contribution in [0.5, 0.6) is 5.75 Å². The fourth-order valence-corrected chi connectivity index (χ4v) is 4.38. The van der Waals surface area contributed by atoms with E-state index in [2.05, 4.69) is 39.1 Å². The van der Waals surface area contributed by atoms with Crippen LogP contribution in [0.25, 0.3) is 0 Å². The number of hydrogen-bond acceptors (Lipinski definition) is 8. The normalized spacial score (nSPS) is 10.4. The predicted molar refractivity (Wildman–Crippen MR) is 104 cm³/mol. The molecule has 0 aliphatic rings. The first-order chi connectivity index (χ1) is 12.3. The first-order valence-electron chi connectivity index (χ1n) is 7.69. The average molecular weight is 389 g/mol. The number of nitriles is 1. The molecule has 0 fully saturated rings. The van der Waals surface area contributed by atoms with Crippen molar-refractivity contribution in [2.75, 3.05) is 24.2 Å². The van der Waals surface area contributed by atoms with Crippen LogP contribution < -0.4 is 10.1 Å². The highest BCUT2D eigenvalue weighted by molar-refractivity contribution is 8.01. The monoisotopic (exact) mass is 388 g/mol. The van der Waals surface area contributed by atoms with Gasteiger partial charge in [-0.25, -0.2) is 0 Å². The van der Waals surface area contributed by atoms with Gasteiger partial charge in [0.05, 0.1) is 18.2 Å². The van der Waals surface area contributed by atoms with E-state index in [1.807, 2.05) is 12.1 Å². The molecule has 25 heavy (non-hydrogen) atoms. The molecule has 0 radical (unpaired) electrons. The molecule has 0 atom stereocenters. The third kappa shape index (κ3) is 5.74. The van der Waals surface area contributed by atoms with Gasteiger partial charge < -0.3 is 10.1 Å². The first-order valence-corrected chi connectivity index (χ1v) is 10.4. The highest BCUT2D eigenvalue weighted by Gasteiger charge is 2.05. The smallest absolute Gasteiger partial charge is 0.206 e. The van der Waals surface area contributed by atoms with E-state index in [1.54, 1.807) is 46.6 Å². The molecule has 128 valence electrons. The van der Waals surface area contributed by atoms with Gasteiger partial charge in [-0.15, -0.1) is 21.5 Å². The summed E-state index contributed by atoms with van der Waals surface area (Å²) in [6.07, 6.45) is 0.998. The summed E-state index contributed by atoms with van der Waals surface area (Å²) in [6.45, 7) is 1.44. The summed E-state index contributed by atoms with van der Waals surface area (Å²) in [4.78, 5) is 1.37. The number of aromatic nitrogens is 2. The second kappa shape index (κ2) is 9.42. The van der Waals surface area contributed by atoms with E-state index in [1.165, 1.54) is 4.88 Å². The van der Waals surface area contributed by atoms with Crippen molar-refractivity contribution in [3.05, 3.63) is 52.2 Å². The molecule has 1 aromatic carbocycles. The van der Waals surface area contributed by atoms with E-state index < -0.39 is 0 Å². The molecular formula is C17H16N4OS3. The number of thiophene rings is 1. The lowest BCUT2D eigenvalue weighted by Gasteiger charge is -2.04. The van der Waals surface area contributed by atoms with Gasteiger partial charge in [0.25, 0.3) is 0 Å². The third-order valence-corrected chi connectivity index (χ3v) is 6.11. The van der Waals surface area contributed by atoms with E-state index in [0.717, 1.165) is 33.9 Å². The number of benzene rings is 1. The lowest BCUT2D eigenvalue weighted by Crippen LogP contribution is -2.03. The van der Waals surface area contributed by atoms with Crippen LogP contribution >= 0.6 is 34.4 Å². The van der Waals surface area contributed by atoms with Crippen LogP contribution in [0.3, 0.4) is 0 Å². The molecule has 0 saturated carbocycles. The van der Waals surface area contributed by atoms with Crippen molar-refractivity contribution >= 4 is 39.6 Å². The lowest BCUT2D eigenvalue weighted by molar-refractivity contribution is 0.344. The number of nitrogens with zero attached hydrogens (tertiary/aromatic N) is 3. The Hall–Kier alpha value is -2.08. The van der Waals surface area contributed by atoms with Gasteiger partial charge in [0.2, 0.25) is 5.13 Å². The number of anilines is 1. The zero-order valence-electron chi connectivity index (χ0n) is 13.3. The Balaban J connectivity index is 1.34. The van der Waals surface area contributed by atoms with Gasteiger partial charge in [-0.1, -0.05) is 29.2 Å². The van der Waals surface area contributed by atoms with Crippen molar-refractivity contribution in [2.45, 2.75) is 10.8 Å². The van der Waals surface area contributed by atoms with Gasteiger partial charge in [-0.3, -0.25) is 0 Å². The number of ether oxygens (including phenoxy) is 1. The molecule has 0 unspecified atom stereocenters. The maximum atomic E-state index is 8.76. The molecule has 2 aromatic heterocycles. The van der Waals surface area contributed by atoms with Crippen LogP contribution in [0.4, 0.5) is 5.13 Å². The average Bonchev–Trinajstić information content (AvgIpc) is 3.31. The van der Waals surface area contributed by atoms with Gasteiger partial charge in [0.15, 0.2) is 4.34 Å². The fourth-order valence-electron chi connectivity index (χ4n) is 2.00. The minimum Gasteiger partial charge on any atom is -0.493 e. The maximum Gasteiger partial charge on any atom is 0.206 e. The summed E-state index contributed by atoms with van der Waals surface area (Å²) in [6, 6.07) is 13.4. The zero-order chi connectivity index (χ0) is 17.3. The molecule has 0 aliphatic heterocycles. The Labute approximate surface area is 158 Å². The maximum absolute atomic E-state index is 8.76. The summed E-state index contributed by atoms with van der Waals surface area (Å²) in [5, 5.41) is 23.4. The molecule has 1 N–H and O–H groups in total. The third-order valence-electron chi connectivity index (χ3n) is 3.20. The fraction of sp³-hybridized carbons (Fsp3) is 0.235. The minimum absolute atomic E-state index is 0.581. The number of rotatable bonds is 9. The van der Waals surface area contributed by atoms with Crippen LogP contribution in [-0.4, -0.2) is 29.1 Å². The number of nitrogens with one attached hydrogen (secondary N) is 1. The van der Waals surface area contributed by atoms with E-state index >= 15 is 0 Å². The van der Waals surface area contributed by atoms with E-state index in [4.69, 9.17) is 10.00 Å². The van der Waals surface area contributed by atoms with Crippen LogP contribution in [-0.2, 0) is 6.42 Å². The van der Waals surface area contributed by atoms with Crippen molar-refractivity contribution in [1.29, 1.82) is 5.26 Å². The van der Waals surface area contributed by atoms with Crippen molar-refractivity contribution in [2.24, 2.45) is 0 Å². The lowest BCUT2D eigenvalue weighted by atomic mass is 10.2. The molecule has 8 heteroatoms. The van der Waals surface area contributed by atoms with Crippen LogP contribution in [0, 0.1) is 11.3 Å². The van der Waals surface area contributed by atoms with E-state index in [-0.39, 0.29) is 0 Å². The molecule has 3 aromatic rings. The van der Waals surface area contributed by atoms with E-state index in [9.17, 15) is 0 Å². The second-order valence-corrected chi connectivity index (χ2v) is 8.31. The Morgan fingerprint density at radius 1 is 1.20 bits per heavy atom. The van der Waals surface area contributed by atoms with Crippen molar-refractivity contribution in [3.8, 4) is 11.8 Å². The van der Waals surface area contributed by atoms with Crippen LogP contribution in [0.2, 0.25) is 0 Å². The molecule has 0 spiro atoms. The summed E-state index contributed by atoms with van der Waals surface area (Å²) < 4.78 is 6.58. The molecule has 2 heterocycles. The first kappa shape index (κ1) is 17.7. The Kier molecular flexibility index (Phi) is 6.68. The molecule has 0 bridgehead atoms. The van der Waals surface area contributed by atoms with Crippen molar-refractivity contribution < 1.29 is 4.74 Å². The largest absolute Gasteiger partial charge is 0.493 e. The summed E-state index contributed by atoms with van der Waals surface area (Å²) in [7, 11) is 0. The van der Waals surface area contributed by atoms with Gasteiger partial charge >= 0.3 is 0 Å². The van der Waals surface area contributed by atoms with Gasteiger partial charge in [0, 0.05) is 17.2 Å². The highest BCUT2D eigenvalue weighted by Crippen LogP contribution is 2.25. The minimum atomic E-state index is 0.581. The Morgan fingerprint density at radius 3 is 2.84 bits per heavy atom. The molecule has 0 amide bonds. The van der Waals surface area contributed by atoms with Gasteiger partial charge in [-0.2, -0.15) is 5.26 Å². The molecule has 0 saturated heterocycles. The standard InChI is InChI=1S/C17H16N4OS3/c18-12-13-3-5-14(6-4-13)22-9-11-24-17-21-20-16(25-17)19-8-7-15-2-1-10-23-15/h1-6,10H,7-9,11H2,(H,19,20). The van der Waals surface area contributed by atoms with Crippen molar-refractivity contribution in [3.63, 3.8) is 0 Å². The Morgan fingerprint density at radius 2 is 2.08 bits per heavy atom. The van der Waals surface area contributed by atoms with E-state index in [0.29, 0.717) is 12.2 Å². The SMILES string of the molecule is N#Cc1ccc(OCCSc2nnc(NCCc3cccs3)s2)cc1. The van der Waals surface area contributed by atoms with Crippen LogP contribution in [0.1, 0.15) is 10.4 Å². The second-order valence-electron chi connectivity index (χ2n) is 4.96. The van der Waals surface area contributed by atoms with Crippen LogP contribution in [0.15, 0.2) is 46.1 Å². The predicted octanol–water partition coefficient (Wildman–Crippen LogP) is 4.30. The summed E-state index contributed by atoms with van der Waals surface area (Å²) in [5.41, 5.74) is 0.634. The van der Waals surface area contributed by atoms with Crippen molar-refractivity contribution in [1.82, 2.24) is 10.2 Å². The zero-order valence-corrected chi connectivity index (χ0v) is 15.8. The molecular weight excluding hydrogens is 372 g/mol.